The van der Waals surface area contributed by atoms with E-state index in [9.17, 15) is 22.7 Å². The van der Waals surface area contributed by atoms with Crippen LogP contribution in [-0.2, 0) is 21.0 Å². The minimum absolute atomic E-state index is 0.0936. The molecule has 0 spiro atoms. The largest absolute Gasteiger partial charge is 0.387 e. The maximum atomic E-state index is 14.8. The second-order valence-corrected chi connectivity index (χ2v) is 10.9. The van der Waals surface area contributed by atoms with Crippen molar-refractivity contribution in [3.63, 3.8) is 0 Å². The third-order valence-corrected chi connectivity index (χ3v) is 7.97. The Morgan fingerprint density at radius 1 is 1.24 bits per heavy atom. The maximum Gasteiger partial charge on any atom is 0.335 e. The molecule has 0 radical (unpaired) electrons. The molecular formula is C25H28FN5O5S. The molecule has 196 valence electrons. The molecule has 1 aromatic carbocycles. The third kappa shape index (κ3) is 5.57. The van der Waals surface area contributed by atoms with Crippen LogP contribution >= 0.6 is 0 Å². The summed E-state index contributed by atoms with van der Waals surface area (Å²) in [6.07, 6.45) is 2.36. The summed E-state index contributed by atoms with van der Waals surface area (Å²) in [6, 6.07) is 11.1. The molecule has 3 N–H and O–H groups in total. The first-order chi connectivity index (χ1) is 17.8. The molecule has 2 aliphatic carbocycles. The van der Waals surface area contributed by atoms with Crippen molar-refractivity contribution in [2.75, 3.05) is 12.4 Å². The zero-order valence-electron chi connectivity index (χ0n) is 20.1. The fourth-order valence-electron chi connectivity index (χ4n) is 4.87. The Morgan fingerprint density at radius 3 is 2.78 bits per heavy atom. The molecule has 37 heavy (non-hydrogen) atoms. The second kappa shape index (κ2) is 10.3. The van der Waals surface area contributed by atoms with E-state index in [4.69, 9.17) is 4.18 Å². The molecule has 0 bridgehead atoms. The van der Waals surface area contributed by atoms with Crippen LogP contribution in [0.3, 0.4) is 0 Å². The van der Waals surface area contributed by atoms with Crippen LogP contribution in [0, 0.1) is 5.92 Å². The Balaban J connectivity index is 1.26. The zero-order chi connectivity index (χ0) is 26.2. The summed E-state index contributed by atoms with van der Waals surface area (Å²) in [7, 11) is -2.97. The van der Waals surface area contributed by atoms with Gasteiger partial charge in [-0.05, 0) is 29.9 Å². The lowest BCUT2D eigenvalue weighted by Crippen LogP contribution is -2.35. The highest BCUT2D eigenvalue weighted by Crippen LogP contribution is 2.48. The van der Waals surface area contributed by atoms with Gasteiger partial charge in [0.1, 0.15) is 30.5 Å². The number of benzene rings is 1. The number of hydrogen-bond donors (Lipinski definition) is 3. The number of carbonyl (C=O) groups is 1. The lowest BCUT2D eigenvalue weighted by Gasteiger charge is -2.17. The van der Waals surface area contributed by atoms with Crippen molar-refractivity contribution in [2.24, 2.45) is 5.92 Å². The molecule has 2 fully saturated rings. The van der Waals surface area contributed by atoms with Gasteiger partial charge in [-0.3, -0.25) is 8.98 Å². The number of alkyl halides is 1. The Morgan fingerprint density at radius 2 is 2.03 bits per heavy atom. The molecule has 5 rings (SSSR count). The topological polar surface area (TPSA) is 135 Å². The maximum absolute atomic E-state index is 14.8. The summed E-state index contributed by atoms with van der Waals surface area (Å²) < 4.78 is 47.0. The molecule has 10 nitrogen and oxygen atoms in total. The van der Waals surface area contributed by atoms with Crippen molar-refractivity contribution in [3.8, 4) is 0 Å². The standard InChI is InChI=1S/C25H28FN5O5S/c1-27-37(34,35)36-21-10-20(22(26)24(21)33)30-25-19(11-28-14-29-25)23(32)16-7-8-31(12-16)13-17-9-18(17)15-5-3-2-4-6-15/h2-8,11-12,14,17-18,20-22,24,27,33H,9-10,13H2,1H3,(H,28,29,30)/t17-,18-,20-,21-,22-,24-/m1/s1. The lowest BCUT2D eigenvalue weighted by molar-refractivity contribution is 0.0248. The van der Waals surface area contributed by atoms with Crippen molar-refractivity contribution >= 4 is 21.9 Å². The monoisotopic (exact) mass is 529 g/mol. The Bertz CT molecular complexity index is 1370. The molecule has 3 aromatic rings. The van der Waals surface area contributed by atoms with Crippen molar-refractivity contribution < 1.29 is 26.9 Å². The predicted molar refractivity (Wildman–Crippen MR) is 133 cm³/mol. The number of aromatic nitrogens is 3. The van der Waals surface area contributed by atoms with Gasteiger partial charge in [-0.2, -0.15) is 13.1 Å². The number of anilines is 1. The summed E-state index contributed by atoms with van der Waals surface area (Å²) in [5, 5.41) is 13.0. The molecule has 2 aromatic heterocycles. The van der Waals surface area contributed by atoms with Crippen LogP contribution in [0.4, 0.5) is 10.2 Å². The van der Waals surface area contributed by atoms with Crippen LogP contribution in [-0.4, -0.2) is 65.3 Å². The summed E-state index contributed by atoms with van der Waals surface area (Å²) in [6.45, 7) is 0.795. The van der Waals surface area contributed by atoms with Gasteiger partial charge in [0.25, 0.3) is 0 Å². The zero-order valence-corrected chi connectivity index (χ0v) is 20.9. The van der Waals surface area contributed by atoms with E-state index in [1.54, 1.807) is 12.3 Å². The molecular weight excluding hydrogens is 501 g/mol. The first kappa shape index (κ1) is 25.5. The minimum Gasteiger partial charge on any atom is -0.387 e. The smallest absolute Gasteiger partial charge is 0.335 e. The van der Waals surface area contributed by atoms with Gasteiger partial charge in [0.05, 0.1) is 11.6 Å². The van der Waals surface area contributed by atoms with Crippen molar-refractivity contribution in [2.45, 2.75) is 49.7 Å². The number of nitrogens with one attached hydrogen (secondary N) is 2. The highest BCUT2D eigenvalue weighted by atomic mass is 32.2. The SMILES string of the molecule is CNS(=O)(=O)O[C@@H]1C[C@@H](Nc2ncncc2C(=O)c2ccn(C[C@H]3C[C@@H]3c3ccccc3)c2)[C@@H](F)[C@@H]1O. The number of ketones is 1. The minimum atomic E-state index is -4.12. The van der Waals surface area contributed by atoms with Gasteiger partial charge in [0.2, 0.25) is 0 Å². The number of hydrogen-bond acceptors (Lipinski definition) is 8. The van der Waals surface area contributed by atoms with Gasteiger partial charge in [-0.25, -0.2) is 14.4 Å². The molecule has 2 saturated carbocycles. The van der Waals surface area contributed by atoms with Crippen LogP contribution in [0.1, 0.15) is 40.2 Å². The average Bonchev–Trinajstić information content (AvgIpc) is 3.43. The number of rotatable bonds is 10. The molecule has 0 saturated heterocycles. The fraction of sp³-hybridized carbons (Fsp3) is 0.400. The van der Waals surface area contributed by atoms with Gasteiger partial charge in [0.15, 0.2) is 5.78 Å². The van der Waals surface area contributed by atoms with E-state index in [0.29, 0.717) is 17.4 Å². The number of aliphatic hydroxyl groups excluding tert-OH is 1. The summed E-state index contributed by atoms with van der Waals surface area (Å²) in [5.41, 5.74) is 1.91. The van der Waals surface area contributed by atoms with E-state index in [1.165, 1.54) is 18.1 Å². The average molecular weight is 530 g/mol. The molecule has 2 heterocycles. The molecule has 12 heteroatoms. The van der Waals surface area contributed by atoms with Crippen LogP contribution in [0.5, 0.6) is 0 Å². The first-order valence-corrected chi connectivity index (χ1v) is 13.4. The van der Waals surface area contributed by atoms with Crippen LogP contribution in [0.25, 0.3) is 0 Å². The Labute approximate surface area is 214 Å². The number of aliphatic hydroxyl groups is 1. The number of halogens is 1. The molecule has 6 atom stereocenters. The lowest BCUT2D eigenvalue weighted by atomic mass is 10.1. The summed E-state index contributed by atoms with van der Waals surface area (Å²) >= 11 is 0. The molecule has 2 aliphatic rings. The van der Waals surface area contributed by atoms with E-state index in [1.807, 2.05) is 33.7 Å². The van der Waals surface area contributed by atoms with Crippen LogP contribution in [0.15, 0.2) is 61.3 Å². The molecule has 0 unspecified atom stereocenters. The predicted octanol–water partition coefficient (Wildman–Crippen LogP) is 2.05. The summed E-state index contributed by atoms with van der Waals surface area (Å²) in [5.74, 6) is 0.785. The van der Waals surface area contributed by atoms with Gasteiger partial charge in [-0.1, -0.05) is 30.3 Å². The van der Waals surface area contributed by atoms with Crippen molar-refractivity contribution in [1.29, 1.82) is 0 Å². The van der Waals surface area contributed by atoms with Gasteiger partial charge in [0, 0.05) is 44.2 Å². The highest BCUT2D eigenvalue weighted by Gasteiger charge is 2.46. The van der Waals surface area contributed by atoms with E-state index in [2.05, 4.69) is 27.4 Å². The van der Waals surface area contributed by atoms with Crippen molar-refractivity contribution in [1.82, 2.24) is 19.3 Å². The number of carbonyl (C=O) groups excluding carboxylic acids is 1. The van der Waals surface area contributed by atoms with E-state index in [-0.39, 0.29) is 23.6 Å². The Kier molecular flexibility index (Phi) is 7.08. The summed E-state index contributed by atoms with van der Waals surface area (Å²) in [4.78, 5) is 21.3. The Hall–Kier alpha value is -3.19. The van der Waals surface area contributed by atoms with Gasteiger partial charge in [-0.15, -0.1) is 0 Å². The number of nitrogens with zero attached hydrogens (tertiary/aromatic N) is 3. The third-order valence-electron chi connectivity index (χ3n) is 6.97. The van der Waals surface area contributed by atoms with Crippen LogP contribution < -0.4 is 10.0 Å². The van der Waals surface area contributed by atoms with Crippen LogP contribution in [0.2, 0.25) is 0 Å². The highest BCUT2D eigenvalue weighted by molar-refractivity contribution is 7.84. The second-order valence-electron chi connectivity index (χ2n) is 9.44. The van der Waals surface area contributed by atoms with E-state index < -0.39 is 34.7 Å². The van der Waals surface area contributed by atoms with E-state index in [0.717, 1.165) is 20.0 Å². The van der Waals surface area contributed by atoms with Crippen molar-refractivity contribution in [3.05, 3.63) is 78.0 Å². The molecule has 0 amide bonds. The normalized spacial score (nSPS) is 27.2. The van der Waals surface area contributed by atoms with Gasteiger partial charge < -0.3 is 15.0 Å². The van der Waals surface area contributed by atoms with Gasteiger partial charge >= 0.3 is 10.3 Å². The quantitative estimate of drug-likeness (QED) is 0.340. The van der Waals surface area contributed by atoms with E-state index >= 15 is 0 Å². The molecule has 0 aliphatic heterocycles. The first-order valence-electron chi connectivity index (χ1n) is 12.0. The fourth-order valence-corrected chi connectivity index (χ4v) is 5.48.